The van der Waals surface area contributed by atoms with Crippen LogP contribution < -0.4 is 5.32 Å². The molecule has 1 N–H and O–H groups in total. The molecule has 1 saturated heterocycles. The Morgan fingerprint density at radius 3 is 2.89 bits per heavy atom. The van der Waals surface area contributed by atoms with Gasteiger partial charge in [0.1, 0.15) is 12.2 Å². The topological polar surface area (TPSA) is 76.9 Å². The Morgan fingerprint density at radius 1 is 1.56 bits per heavy atom. The van der Waals surface area contributed by atoms with Gasteiger partial charge in [0.25, 0.3) is 0 Å². The summed E-state index contributed by atoms with van der Waals surface area (Å²) in [5, 5.41) is 6.85. The molecule has 0 saturated carbocycles. The lowest BCUT2D eigenvalue weighted by atomic mass is 10.0. The molecule has 2 rings (SSSR count). The minimum atomic E-state index is -2.97. The third-order valence-electron chi connectivity index (χ3n) is 3.66. The van der Waals surface area contributed by atoms with E-state index in [1.165, 1.54) is 6.33 Å². The summed E-state index contributed by atoms with van der Waals surface area (Å²) in [7, 11) is 0.664. The zero-order valence-electron chi connectivity index (χ0n) is 10.8. The number of hydrogen-bond donors (Lipinski definition) is 1. The summed E-state index contributed by atoms with van der Waals surface area (Å²) >= 11 is 0. The molecule has 1 aliphatic rings. The molecule has 0 amide bonds. The van der Waals surface area contributed by atoms with Gasteiger partial charge in [0.2, 0.25) is 0 Å². The number of likely N-dealkylation sites (N-methyl/N-ethyl adjacent to an activating group) is 1. The lowest BCUT2D eigenvalue weighted by Crippen LogP contribution is -2.47. The quantitative estimate of drug-likeness (QED) is 0.829. The molecule has 0 radical (unpaired) electrons. The van der Waals surface area contributed by atoms with Crippen molar-refractivity contribution in [3.63, 3.8) is 0 Å². The summed E-state index contributed by atoms with van der Waals surface area (Å²) in [5.74, 6) is 1.13. The van der Waals surface area contributed by atoms with Crippen molar-refractivity contribution in [1.82, 2.24) is 20.1 Å². The molecule has 2 heterocycles. The van der Waals surface area contributed by atoms with Gasteiger partial charge >= 0.3 is 0 Å². The van der Waals surface area contributed by atoms with Crippen molar-refractivity contribution < 1.29 is 8.42 Å². The van der Waals surface area contributed by atoms with Crippen LogP contribution in [0.15, 0.2) is 6.33 Å². The molecule has 18 heavy (non-hydrogen) atoms. The number of nitrogens with zero attached hydrogens (tertiary/aromatic N) is 3. The van der Waals surface area contributed by atoms with E-state index >= 15 is 0 Å². The minimum absolute atomic E-state index is 0.0850. The molecule has 6 nitrogen and oxygen atoms in total. The Bertz CT molecular complexity index is 497. The third kappa shape index (κ3) is 2.72. The maximum Gasteiger partial charge on any atom is 0.154 e. The van der Waals surface area contributed by atoms with Gasteiger partial charge in [-0.1, -0.05) is 6.42 Å². The van der Waals surface area contributed by atoms with Gasteiger partial charge in [-0.3, -0.25) is 4.68 Å². The second-order valence-electron chi connectivity index (χ2n) is 4.80. The molecule has 7 heteroatoms. The molecule has 1 aliphatic heterocycles. The number of aromatic nitrogens is 3. The highest BCUT2D eigenvalue weighted by Crippen LogP contribution is 2.23. The first-order valence-corrected chi connectivity index (χ1v) is 7.98. The van der Waals surface area contributed by atoms with E-state index in [-0.39, 0.29) is 11.3 Å². The highest BCUT2D eigenvalue weighted by Gasteiger charge is 2.35. The standard InChI is InChI=1S/C11H20N4O2S/c1-12-9(7-11-13-8-14-15(11)2)10-5-3-4-6-18(10,16)17/h8-10,12H,3-7H2,1-2H3. The fourth-order valence-corrected chi connectivity index (χ4v) is 4.72. The number of aryl methyl sites for hydroxylation is 1. The van der Waals surface area contributed by atoms with Gasteiger partial charge in [0.05, 0.1) is 11.0 Å². The largest absolute Gasteiger partial charge is 0.315 e. The van der Waals surface area contributed by atoms with Crippen LogP contribution in [-0.4, -0.2) is 47.3 Å². The zero-order chi connectivity index (χ0) is 13.2. The van der Waals surface area contributed by atoms with Crippen LogP contribution in [0.3, 0.4) is 0 Å². The van der Waals surface area contributed by atoms with Crippen molar-refractivity contribution in [3.05, 3.63) is 12.2 Å². The van der Waals surface area contributed by atoms with Crippen LogP contribution in [0.2, 0.25) is 0 Å². The fourth-order valence-electron chi connectivity index (χ4n) is 2.55. The van der Waals surface area contributed by atoms with Gasteiger partial charge in [0, 0.05) is 19.5 Å². The van der Waals surface area contributed by atoms with Gasteiger partial charge < -0.3 is 5.32 Å². The average Bonchev–Trinajstić information content (AvgIpc) is 2.72. The van der Waals surface area contributed by atoms with Crippen LogP contribution in [0.4, 0.5) is 0 Å². The molecule has 0 aliphatic carbocycles. The lowest BCUT2D eigenvalue weighted by molar-refractivity contribution is 0.445. The summed E-state index contributed by atoms with van der Waals surface area (Å²) < 4.78 is 25.9. The van der Waals surface area contributed by atoms with E-state index in [4.69, 9.17) is 0 Å². The molecule has 1 aromatic rings. The Hall–Kier alpha value is -0.950. The van der Waals surface area contributed by atoms with Crippen LogP contribution in [-0.2, 0) is 23.3 Å². The second-order valence-corrected chi connectivity index (χ2v) is 7.14. The molecular formula is C11H20N4O2S. The number of hydrogen-bond acceptors (Lipinski definition) is 5. The van der Waals surface area contributed by atoms with Crippen molar-refractivity contribution in [1.29, 1.82) is 0 Å². The van der Waals surface area contributed by atoms with Gasteiger partial charge in [0.15, 0.2) is 9.84 Å². The summed E-state index contributed by atoms with van der Waals surface area (Å²) in [5.41, 5.74) is 0. The molecule has 0 aromatic carbocycles. The van der Waals surface area contributed by atoms with Crippen molar-refractivity contribution in [2.75, 3.05) is 12.8 Å². The summed E-state index contributed by atoms with van der Waals surface area (Å²) in [6, 6.07) is -0.0850. The molecule has 1 aromatic heterocycles. The van der Waals surface area contributed by atoms with Crippen LogP contribution >= 0.6 is 0 Å². The zero-order valence-corrected chi connectivity index (χ0v) is 11.7. The predicted molar refractivity (Wildman–Crippen MR) is 69.0 cm³/mol. The van der Waals surface area contributed by atoms with E-state index in [2.05, 4.69) is 15.4 Å². The number of rotatable bonds is 4. The van der Waals surface area contributed by atoms with Gasteiger partial charge in [-0.2, -0.15) is 5.10 Å². The predicted octanol–water partition coefficient (Wildman–Crippen LogP) is -0.0871. The van der Waals surface area contributed by atoms with E-state index < -0.39 is 9.84 Å². The van der Waals surface area contributed by atoms with E-state index in [1.54, 1.807) is 4.68 Å². The first-order valence-electron chi connectivity index (χ1n) is 6.26. The first-order chi connectivity index (χ1) is 8.54. The van der Waals surface area contributed by atoms with Crippen molar-refractivity contribution in [2.24, 2.45) is 7.05 Å². The van der Waals surface area contributed by atoms with E-state index in [0.29, 0.717) is 12.2 Å². The van der Waals surface area contributed by atoms with E-state index in [9.17, 15) is 8.42 Å². The maximum atomic E-state index is 12.1. The smallest absolute Gasteiger partial charge is 0.154 e. The number of sulfone groups is 1. The second kappa shape index (κ2) is 5.36. The molecule has 2 atom stereocenters. The Kier molecular flexibility index (Phi) is 4.01. The molecular weight excluding hydrogens is 252 g/mol. The molecule has 1 fully saturated rings. The van der Waals surface area contributed by atoms with Gasteiger partial charge in [-0.15, -0.1) is 0 Å². The van der Waals surface area contributed by atoms with Crippen LogP contribution in [0.25, 0.3) is 0 Å². The minimum Gasteiger partial charge on any atom is -0.315 e. The average molecular weight is 272 g/mol. The van der Waals surface area contributed by atoms with Crippen LogP contribution in [0.5, 0.6) is 0 Å². The Balaban J connectivity index is 2.15. The highest BCUT2D eigenvalue weighted by molar-refractivity contribution is 7.92. The summed E-state index contributed by atoms with van der Waals surface area (Å²) in [6.45, 7) is 0. The summed E-state index contributed by atoms with van der Waals surface area (Å²) in [6.07, 6.45) is 4.61. The fraction of sp³-hybridized carbons (Fsp3) is 0.818. The first kappa shape index (κ1) is 13.5. The van der Waals surface area contributed by atoms with E-state index in [0.717, 1.165) is 25.1 Å². The van der Waals surface area contributed by atoms with Crippen molar-refractivity contribution >= 4 is 9.84 Å². The molecule has 2 unspecified atom stereocenters. The van der Waals surface area contributed by atoms with E-state index in [1.807, 2.05) is 14.1 Å². The van der Waals surface area contributed by atoms with Crippen LogP contribution in [0.1, 0.15) is 25.1 Å². The Morgan fingerprint density at radius 2 is 2.33 bits per heavy atom. The van der Waals surface area contributed by atoms with Crippen LogP contribution in [0, 0.1) is 0 Å². The molecule has 0 bridgehead atoms. The van der Waals surface area contributed by atoms with Gasteiger partial charge in [-0.25, -0.2) is 13.4 Å². The monoisotopic (exact) mass is 272 g/mol. The highest BCUT2D eigenvalue weighted by atomic mass is 32.2. The lowest BCUT2D eigenvalue weighted by Gasteiger charge is -2.29. The third-order valence-corrected chi connectivity index (χ3v) is 6.00. The van der Waals surface area contributed by atoms with Crippen molar-refractivity contribution in [2.45, 2.75) is 37.0 Å². The van der Waals surface area contributed by atoms with Crippen molar-refractivity contribution in [3.8, 4) is 0 Å². The number of nitrogens with one attached hydrogen (secondary N) is 1. The van der Waals surface area contributed by atoms with Gasteiger partial charge in [-0.05, 0) is 19.9 Å². The maximum absolute atomic E-state index is 12.1. The Labute approximate surface area is 108 Å². The molecule has 102 valence electrons. The SMILES string of the molecule is CNC(Cc1ncnn1C)C1CCCCS1(=O)=O. The molecule has 0 spiro atoms. The normalized spacial score (nSPS) is 24.9. The summed E-state index contributed by atoms with van der Waals surface area (Å²) in [4.78, 5) is 4.16.